The molecule has 0 amide bonds. The molecule has 1 unspecified atom stereocenters. The van der Waals surface area contributed by atoms with Crippen LogP contribution in [0.4, 0.5) is 0 Å². The quantitative estimate of drug-likeness (QED) is 0.721. The van der Waals surface area contributed by atoms with E-state index in [1.54, 1.807) is 0 Å². The number of para-hydroxylation sites is 1. The van der Waals surface area contributed by atoms with Gasteiger partial charge in [0, 0.05) is 28.1 Å². The van der Waals surface area contributed by atoms with Crippen molar-refractivity contribution in [2.24, 2.45) is 5.41 Å². The molecule has 1 heterocycles. The second kappa shape index (κ2) is 4.27. The van der Waals surface area contributed by atoms with Gasteiger partial charge in [0.2, 0.25) is 0 Å². The summed E-state index contributed by atoms with van der Waals surface area (Å²) in [6, 6.07) is 7.91. The molecule has 0 aliphatic rings. The Morgan fingerprint density at radius 1 is 1.24 bits per heavy atom. The van der Waals surface area contributed by atoms with Crippen LogP contribution in [-0.4, -0.2) is 10.1 Å². The van der Waals surface area contributed by atoms with Crippen molar-refractivity contribution >= 4 is 10.9 Å². The van der Waals surface area contributed by atoms with Crippen molar-refractivity contribution < 1.29 is 5.11 Å². The Morgan fingerprint density at radius 2 is 1.94 bits per heavy atom. The Kier molecular flexibility index (Phi) is 2.95. The Bertz CT molecular complexity index is 578. The van der Waals surface area contributed by atoms with Crippen LogP contribution in [0.15, 0.2) is 30.5 Å². The molecule has 0 radical (unpaired) electrons. The largest absolute Gasteiger partial charge is 0.376 e. The summed E-state index contributed by atoms with van der Waals surface area (Å²) in [7, 11) is 0. The zero-order valence-electron chi connectivity index (χ0n) is 10.4. The first-order valence-corrected chi connectivity index (χ1v) is 5.74. The van der Waals surface area contributed by atoms with Gasteiger partial charge in [0.1, 0.15) is 6.10 Å². The molecule has 17 heavy (non-hydrogen) atoms. The van der Waals surface area contributed by atoms with Crippen LogP contribution in [0.3, 0.4) is 0 Å². The van der Waals surface area contributed by atoms with E-state index in [1.165, 1.54) is 0 Å². The lowest BCUT2D eigenvalue weighted by molar-refractivity contribution is 0.239. The fourth-order valence-corrected chi connectivity index (χ4v) is 1.68. The predicted octanol–water partition coefficient (Wildman–Crippen LogP) is 3.25. The molecule has 0 aliphatic heterocycles. The highest BCUT2D eigenvalue weighted by atomic mass is 16.3. The van der Waals surface area contributed by atoms with Gasteiger partial charge in [0.15, 0.2) is 0 Å². The number of H-pyrrole nitrogens is 1. The van der Waals surface area contributed by atoms with Crippen LogP contribution in [0, 0.1) is 17.3 Å². The van der Waals surface area contributed by atoms with Crippen molar-refractivity contribution in [2.45, 2.75) is 26.9 Å². The summed E-state index contributed by atoms with van der Waals surface area (Å²) >= 11 is 0. The molecule has 1 aromatic carbocycles. The van der Waals surface area contributed by atoms with Crippen molar-refractivity contribution in [3.05, 3.63) is 36.0 Å². The highest BCUT2D eigenvalue weighted by Crippen LogP contribution is 2.24. The summed E-state index contributed by atoms with van der Waals surface area (Å²) in [6.07, 6.45) is 1.09. The standard InChI is InChI=1S/C15H17NO/c1-15(2,3)9-8-14(17)12-10-16-13-7-5-4-6-11(12)13/h4-7,10,14,16-17H,1-3H3. The molecule has 2 N–H and O–H groups in total. The van der Waals surface area contributed by atoms with E-state index in [-0.39, 0.29) is 5.41 Å². The fraction of sp³-hybridized carbons (Fsp3) is 0.333. The normalized spacial score (nSPS) is 13.2. The summed E-state index contributed by atoms with van der Waals surface area (Å²) in [5.41, 5.74) is 1.78. The van der Waals surface area contributed by atoms with Crippen LogP contribution in [0.25, 0.3) is 10.9 Å². The minimum absolute atomic E-state index is 0.0902. The van der Waals surface area contributed by atoms with Crippen LogP contribution in [0.2, 0.25) is 0 Å². The molecule has 1 atom stereocenters. The van der Waals surface area contributed by atoms with Crippen LogP contribution >= 0.6 is 0 Å². The molecular formula is C15H17NO. The van der Waals surface area contributed by atoms with Gasteiger partial charge in [0.25, 0.3) is 0 Å². The van der Waals surface area contributed by atoms with E-state index in [9.17, 15) is 5.11 Å². The van der Waals surface area contributed by atoms with E-state index in [4.69, 9.17) is 0 Å². The first-order valence-electron chi connectivity index (χ1n) is 5.74. The molecule has 0 saturated carbocycles. The van der Waals surface area contributed by atoms with E-state index >= 15 is 0 Å². The number of aromatic nitrogens is 1. The molecule has 88 valence electrons. The van der Waals surface area contributed by atoms with Gasteiger partial charge < -0.3 is 10.1 Å². The van der Waals surface area contributed by atoms with Gasteiger partial charge in [-0.1, -0.05) is 30.0 Å². The van der Waals surface area contributed by atoms with Gasteiger partial charge in [-0.15, -0.1) is 0 Å². The third kappa shape index (κ3) is 2.69. The predicted molar refractivity (Wildman–Crippen MR) is 70.5 cm³/mol. The molecule has 2 heteroatoms. The minimum atomic E-state index is -0.731. The maximum atomic E-state index is 10.1. The van der Waals surface area contributed by atoms with Gasteiger partial charge >= 0.3 is 0 Å². The number of benzene rings is 1. The highest BCUT2D eigenvalue weighted by molar-refractivity contribution is 5.83. The lowest BCUT2D eigenvalue weighted by Gasteiger charge is -2.08. The molecule has 0 spiro atoms. The van der Waals surface area contributed by atoms with Gasteiger partial charge in [0.05, 0.1) is 0 Å². The molecule has 2 aromatic rings. The summed E-state index contributed by atoms with van der Waals surface area (Å²) in [5, 5.41) is 11.1. The molecule has 0 fully saturated rings. The van der Waals surface area contributed by atoms with Gasteiger partial charge in [-0.05, 0) is 26.8 Å². The van der Waals surface area contributed by atoms with E-state index in [2.05, 4.69) is 16.8 Å². The first kappa shape index (κ1) is 11.8. The molecule has 2 rings (SSSR count). The van der Waals surface area contributed by atoms with Gasteiger partial charge in [-0.25, -0.2) is 0 Å². The Labute approximate surface area is 102 Å². The van der Waals surface area contributed by atoms with Gasteiger partial charge in [-0.2, -0.15) is 0 Å². The smallest absolute Gasteiger partial charge is 0.142 e. The third-order valence-electron chi connectivity index (χ3n) is 2.50. The zero-order chi connectivity index (χ0) is 12.5. The SMILES string of the molecule is CC(C)(C)C#CC(O)c1c[nH]c2ccccc12. The number of hydrogen-bond donors (Lipinski definition) is 2. The molecule has 0 aliphatic carbocycles. The van der Waals surface area contributed by atoms with E-state index in [0.29, 0.717) is 0 Å². The van der Waals surface area contributed by atoms with Crippen molar-refractivity contribution in [1.29, 1.82) is 0 Å². The molecular weight excluding hydrogens is 210 g/mol. The summed E-state index contributed by atoms with van der Waals surface area (Å²) in [6.45, 7) is 6.09. The summed E-state index contributed by atoms with van der Waals surface area (Å²) < 4.78 is 0. The summed E-state index contributed by atoms with van der Waals surface area (Å²) in [5.74, 6) is 5.96. The van der Waals surface area contributed by atoms with Crippen LogP contribution in [-0.2, 0) is 0 Å². The van der Waals surface area contributed by atoms with Crippen LogP contribution in [0.5, 0.6) is 0 Å². The second-order valence-corrected chi connectivity index (χ2v) is 5.21. The zero-order valence-corrected chi connectivity index (χ0v) is 10.4. The minimum Gasteiger partial charge on any atom is -0.376 e. The van der Waals surface area contributed by atoms with Crippen molar-refractivity contribution in [1.82, 2.24) is 4.98 Å². The number of nitrogens with one attached hydrogen (secondary N) is 1. The highest BCUT2D eigenvalue weighted by Gasteiger charge is 2.11. The second-order valence-electron chi connectivity index (χ2n) is 5.21. The number of fused-ring (bicyclic) bond motifs is 1. The van der Waals surface area contributed by atoms with Gasteiger partial charge in [-0.3, -0.25) is 0 Å². The maximum absolute atomic E-state index is 10.1. The Balaban J connectivity index is 2.36. The Morgan fingerprint density at radius 3 is 2.65 bits per heavy atom. The van der Waals surface area contributed by atoms with Crippen LogP contribution < -0.4 is 0 Å². The van der Waals surface area contributed by atoms with Crippen molar-refractivity contribution in [3.63, 3.8) is 0 Å². The molecule has 2 nitrogen and oxygen atoms in total. The number of aromatic amines is 1. The Hall–Kier alpha value is -1.72. The average molecular weight is 227 g/mol. The number of aliphatic hydroxyl groups excluding tert-OH is 1. The topological polar surface area (TPSA) is 36.0 Å². The lowest BCUT2D eigenvalue weighted by Crippen LogP contribution is -2.01. The molecule has 0 bridgehead atoms. The van der Waals surface area contributed by atoms with E-state index in [0.717, 1.165) is 16.5 Å². The number of hydrogen-bond acceptors (Lipinski definition) is 1. The van der Waals surface area contributed by atoms with E-state index in [1.807, 2.05) is 51.2 Å². The summed E-state index contributed by atoms with van der Waals surface area (Å²) in [4.78, 5) is 3.14. The van der Waals surface area contributed by atoms with Crippen LogP contribution in [0.1, 0.15) is 32.4 Å². The van der Waals surface area contributed by atoms with Crippen molar-refractivity contribution in [3.8, 4) is 11.8 Å². The fourth-order valence-electron chi connectivity index (χ4n) is 1.68. The number of rotatable bonds is 1. The third-order valence-corrected chi connectivity index (χ3v) is 2.50. The average Bonchev–Trinajstić information content (AvgIpc) is 2.68. The molecule has 1 aromatic heterocycles. The van der Waals surface area contributed by atoms with E-state index < -0.39 is 6.10 Å². The van der Waals surface area contributed by atoms with Crippen molar-refractivity contribution in [2.75, 3.05) is 0 Å². The number of aliphatic hydroxyl groups is 1. The monoisotopic (exact) mass is 227 g/mol. The lowest BCUT2D eigenvalue weighted by atomic mass is 9.97. The molecule has 0 saturated heterocycles. The maximum Gasteiger partial charge on any atom is 0.142 e. The first-order chi connectivity index (χ1) is 7.97.